The van der Waals surface area contributed by atoms with Crippen molar-refractivity contribution in [1.82, 2.24) is 14.5 Å². The largest absolute Gasteiger partial charge is 0.497 e. The van der Waals surface area contributed by atoms with Gasteiger partial charge >= 0.3 is 0 Å². The highest BCUT2D eigenvalue weighted by Gasteiger charge is 2.26. The van der Waals surface area contributed by atoms with E-state index in [1.165, 1.54) is 0 Å². The van der Waals surface area contributed by atoms with Gasteiger partial charge in [-0.15, -0.1) is 0 Å². The lowest BCUT2D eigenvalue weighted by atomic mass is 10.1. The molecule has 0 aliphatic carbocycles. The Morgan fingerprint density at radius 3 is 2.71 bits per heavy atom. The topological polar surface area (TPSA) is 81.5 Å². The zero-order chi connectivity index (χ0) is 24.2. The molecular weight excluding hydrogens is 430 g/mol. The van der Waals surface area contributed by atoms with Crippen LogP contribution in [0.5, 0.6) is 11.5 Å². The van der Waals surface area contributed by atoms with Crippen molar-refractivity contribution in [2.24, 2.45) is 7.05 Å². The first-order valence-corrected chi connectivity index (χ1v) is 11.8. The Balaban J connectivity index is 1.58. The summed E-state index contributed by atoms with van der Waals surface area (Å²) < 4.78 is 12.6. The Kier molecular flexibility index (Phi) is 7.05. The zero-order valence-corrected chi connectivity index (χ0v) is 20.6. The number of hydrogen-bond donors (Lipinski definition) is 1. The van der Waals surface area contributed by atoms with Gasteiger partial charge in [0.05, 0.1) is 19.4 Å². The molecule has 1 fully saturated rings. The lowest BCUT2D eigenvalue weighted by Crippen LogP contribution is -2.32. The summed E-state index contributed by atoms with van der Waals surface area (Å²) in [5.41, 5.74) is 3.24. The van der Waals surface area contributed by atoms with E-state index in [-0.39, 0.29) is 11.6 Å². The van der Waals surface area contributed by atoms with Gasteiger partial charge in [0.25, 0.3) is 5.56 Å². The number of rotatable bonds is 8. The first-order chi connectivity index (χ1) is 16.4. The second-order valence-electron chi connectivity index (χ2n) is 8.51. The van der Waals surface area contributed by atoms with E-state index in [1.54, 1.807) is 24.9 Å². The molecule has 1 unspecified atom stereocenters. The fourth-order valence-electron chi connectivity index (χ4n) is 4.42. The van der Waals surface area contributed by atoms with Crippen molar-refractivity contribution in [3.63, 3.8) is 0 Å². The summed E-state index contributed by atoms with van der Waals surface area (Å²) in [6.07, 6.45) is 3.34. The smallest absolute Gasteiger partial charge is 0.277 e. The molecular formula is C26H33N5O3. The molecule has 8 heteroatoms. The van der Waals surface area contributed by atoms with Crippen LogP contribution in [0, 0.1) is 6.92 Å². The maximum Gasteiger partial charge on any atom is 0.277 e. The minimum Gasteiger partial charge on any atom is -0.497 e. The number of benzene rings is 1. The van der Waals surface area contributed by atoms with Crippen LogP contribution < -0.4 is 25.2 Å². The lowest BCUT2D eigenvalue weighted by Gasteiger charge is -2.21. The highest BCUT2D eigenvalue weighted by atomic mass is 16.5. The Hall–Kier alpha value is -3.55. The summed E-state index contributed by atoms with van der Waals surface area (Å²) in [5.74, 6) is 3.16. The number of ether oxygens (including phenoxy) is 2. The van der Waals surface area contributed by atoms with Crippen LogP contribution in [-0.2, 0) is 13.5 Å². The molecule has 0 spiro atoms. The van der Waals surface area contributed by atoms with Gasteiger partial charge in [-0.3, -0.25) is 9.36 Å². The van der Waals surface area contributed by atoms with E-state index in [9.17, 15) is 4.79 Å². The van der Waals surface area contributed by atoms with Gasteiger partial charge in [0.2, 0.25) is 0 Å². The Bertz CT molecular complexity index is 1220. The summed E-state index contributed by atoms with van der Waals surface area (Å²) in [6.45, 7) is 8.24. The minimum atomic E-state index is -0.0630. The van der Waals surface area contributed by atoms with Gasteiger partial charge in [-0.25, -0.2) is 9.97 Å². The Morgan fingerprint density at radius 1 is 1.18 bits per heavy atom. The average molecular weight is 464 g/mol. The number of aryl methyl sites for hydroxylation is 2. The average Bonchev–Trinajstić information content (AvgIpc) is 3.32. The normalized spacial score (nSPS) is 15.4. The number of nitrogens with one attached hydrogen (secondary N) is 1. The minimum absolute atomic E-state index is 0.0630. The van der Waals surface area contributed by atoms with E-state index in [4.69, 9.17) is 14.5 Å². The van der Waals surface area contributed by atoms with Crippen LogP contribution in [0.15, 0.2) is 41.3 Å². The molecule has 180 valence electrons. The van der Waals surface area contributed by atoms with Crippen LogP contribution in [0.1, 0.15) is 31.5 Å². The summed E-state index contributed by atoms with van der Waals surface area (Å²) in [6, 6.07) is 9.78. The Morgan fingerprint density at radius 2 is 2.00 bits per heavy atom. The fraction of sp³-hybridized carbons (Fsp3) is 0.423. The highest BCUT2D eigenvalue weighted by molar-refractivity contribution is 5.64. The van der Waals surface area contributed by atoms with Gasteiger partial charge in [-0.2, -0.15) is 0 Å². The highest BCUT2D eigenvalue weighted by Crippen LogP contribution is 2.27. The number of anilines is 2. The van der Waals surface area contributed by atoms with E-state index < -0.39 is 0 Å². The van der Waals surface area contributed by atoms with Gasteiger partial charge in [-0.1, -0.05) is 6.92 Å². The maximum atomic E-state index is 13.4. The van der Waals surface area contributed by atoms with Crippen molar-refractivity contribution in [3.8, 4) is 22.9 Å². The Labute approximate surface area is 200 Å². The number of hydrogen-bond acceptors (Lipinski definition) is 7. The van der Waals surface area contributed by atoms with Gasteiger partial charge in [0, 0.05) is 44.0 Å². The summed E-state index contributed by atoms with van der Waals surface area (Å²) in [4.78, 5) is 25.1. The predicted molar refractivity (Wildman–Crippen MR) is 135 cm³/mol. The molecule has 0 radical (unpaired) electrons. The second-order valence-corrected chi connectivity index (χ2v) is 8.51. The SMILES string of the molecule is CCOc1ccnc(N2CCC(Nc3c(CC)nc(-c4ccc(OC)cc4C)n(C)c3=O)C2)c1. The van der Waals surface area contributed by atoms with Gasteiger partial charge in [0.15, 0.2) is 0 Å². The number of aromatic nitrogens is 3. The van der Waals surface area contributed by atoms with Gasteiger partial charge in [-0.05, 0) is 56.5 Å². The van der Waals surface area contributed by atoms with Gasteiger partial charge < -0.3 is 19.7 Å². The molecule has 3 heterocycles. The van der Waals surface area contributed by atoms with E-state index in [2.05, 4.69) is 15.2 Å². The van der Waals surface area contributed by atoms with Gasteiger partial charge in [0.1, 0.15) is 28.8 Å². The molecule has 1 saturated heterocycles. The second kappa shape index (κ2) is 10.2. The van der Waals surface area contributed by atoms with Crippen LogP contribution in [0.2, 0.25) is 0 Å². The van der Waals surface area contributed by atoms with Crippen molar-refractivity contribution >= 4 is 11.5 Å². The van der Waals surface area contributed by atoms with Crippen molar-refractivity contribution < 1.29 is 9.47 Å². The summed E-state index contributed by atoms with van der Waals surface area (Å²) in [5, 5.41) is 3.50. The van der Waals surface area contributed by atoms with Crippen LogP contribution in [0.4, 0.5) is 11.5 Å². The van der Waals surface area contributed by atoms with E-state index in [0.717, 1.165) is 53.6 Å². The van der Waals surface area contributed by atoms with E-state index in [1.807, 2.05) is 51.1 Å². The third kappa shape index (κ3) is 4.71. The molecule has 0 saturated carbocycles. The predicted octanol–water partition coefficient (Wildman–Crippen LogP) is 3.81. The van der Waals surface area contributed by atoms with E-state index in [0.29, 0.717) is 24.5 Å². The maximum absolute atomic E-state index is 13.4. The number of methoxy groups -OCH3 is 1. The summed E-state index contributed by atoms with van der Waals surface area (Å²) >= 11 is 0. The molecule has 3 aromatic rings. The third-order valence-corrected chi connectivity index (χ3v) is 6.26. The lowest BCUT2D eigenvalue weighted by molar-refractivity contribution is 0.340. The first-order valence-electron chi connectivity index (χ1n) is 11.8. The van der Waals surface area contributed by atoms with Crippen LogP contribution in [0.3, 0.4) is 0 Å². The van der Waals surface area contributed by atoms with Crippen molar-refractivity contribution in [2.45, 2.75) is 39.7 Å². The van der Waals surface area contributed by atoms with E-state index >= 15 is 0 Å². The molecule has 1 aliphatic rings. The zero-order valence-electron chi connectivity index (χ0n) is 20.6. The monoisotopic (exact) mass is 463 g/mol. The standard InChI is InChI=1S/C26H33N5O3/c1-6-22-24(26(32)30(4)25(29-22)21-9-8-19(33-5)14-17(21)3)28-18-11-13-31(16-18)23-15-20(34-7-2)10-12-27-23/h8-10,12,14-15,18,28H,6-7,11,13,16H2,1-5H3. The molecule has 0 bridgehead atoms. The molecule has 0 amide bonds. The van der Waals surface area contributed by atoms with Crippen molar-refractivity contribution in [3.05, 3.63) is 58.1 Å². The fourth-order valence-corrected chi connectivity index (χ4v) is 4.42. The summed E-state index contributed by atoms with van der Waals surface area (Å²) in [7, 11) is 3.43. The van der Waals surface area contributed by atoms with Crippen molar-refractivity contribution in [2.75, 3.05) is 37.0 Å². The third-order valence-electron chi connectivity index (χ3n) is 6.26. The molecule has 8 nitrogen and oxygen atoms in total. The number of pyridine rings is 1. The molecule has 1 aliphatic heterocycles. The molecule has 1 atom stereocenters. The molecule has 1 aromatic carbocycles. The van der Waals surface area contributed by atoms with Crippen LogP contribution in [0.25, 0.3) is 11.4 Å². The molecule has 34 heavy (non-hydrogen) atoms. The molecule has 2 aromatic heterocycles. The molecule has 1 N–H and O–H groups in total. The first kappa shape index (κ1) is 23.6. The quantitative estimate of drug-likeness (QED) is 0.544. The van der Waals surface area contributed by atoms with Crippen LogP contribution in [-0.4, -0.2) is 47.4 Å². The number of nitrogens with zero attached hydrogens (tertiary/aromatic N) is 4. The molecule has 4 rings (SSSR count). The van der Waals surface area contributed by atoms with Crippen molar-refractivity contribution in [1.29, 1.82) is 0 Å². The van der Waals surface area contributed by atoms with Crippen LogP contribution >= 0.6 is 0 Å².